The second-order valence-electron chi connectivity index (χ2n) is 6.82. The van der Waals surface area contributed by atoms with E-state index in [2.05, 4.69) is 0 Å². The van der Waals surface area contributed by atoms with Gasteiger partial charge >= 0.3 is 12.4 Å². The Bertz CT molecular complexity index is 723. The summed E-state index contributed by atoms with van der Waals surface area (Å²) in [5, 5.41) is 18.7. The summed E-state index contributed by atoms with van der Waals surface area (Å²) in [4.78, 5) is 1.23. The highest BCUT2D eigenvalue weighted by atomic mass is 19.4. The molecule has 0 spiro atoms. The zero-order valence-corrected chi connectivity index (χ0v) is 13.5. The molecular weight excluding hydrogens is 362 g/mol. The maximum atomic E-state index is 13.2. The molecule has 0 radical (unpaired) electrons. The summed E-state index contributed by atoms with van der Waals surface area (Å²) in [5.41, 5.74) is -1.83. The first-order chi connectivity index (χ1) is 12.0. The molecule has 3 nitrogen and oxygen atoms in total. The van der Waals surface area contributed by atoms with Crippen LogP contribution in [0.5, 0.6) is 0 Å². The Morgan fingerprint density at radius 2 is 1.85 bits per heavy atom. The van der Waals surface area contributed by atoms with Crippen molar-refractivity contribution in [1.82, 2.24) is 0 Å². The smallest absolute Gasteiger partial charge is 0.382 e. The van der Waals surface area contributed by atoms with Gasteiger partial charge in [0.15, 0.2) is 6.10 Å². The lowest BCUT2D eigenvalue weighted by molar-refractivity contribution is -0.212. The summed E-state index contributed by atoms with van der Waals surface area (Å²) < 4.78 is 78.9. The highest BCUT2D eigenvalue weighted by Crippen LogP contribution is 2.48. The average molecular weight is 378 g/mol. The van der Waals surface area contributed by atoms with Crippen LogP contribution < -0.4 is 4.90 Å². The Morgan fingerprint density at radius 1 is 1.15 bits per heavy atom. The number of alkyl halides is 6. The lowest BCUT2D eigenvalue weighted by atomic mass is 9.90. The van der Waals surface area contributed by atoms with Crippen molar-refractivity contribution in [2.45, 2.75) is 43.8 Å². The van der Waals surface area contributed by atoms with Gasteiger partial charge in [-0.3, -0.25) is 0 Å². The van der Waals surface area contributed by atoms with Gasteiger partial charge in [-0.05, 0) is 42.9 Å². The fourth-order valence-electron chi connectivity index (χ4n) is 4.27. The van der Waals surface area contributed by atoms with Crippen LogP contribution in [0, 0.1) is 23.2 Å². The van der Waals surface area contributed by atoms with E-state index in [9.17, 15) is 31.4 Å². The number of hydrogen-bond acceptors (Lipinski definition) is 3. The van der Waals surface area contributed by atoms with Crippen LogP contribution in [0.2, 0.25) is 0 Å². The molecule has 1 aromatic rings. The molecule has 1 saturated carbocycles. The summed E-state index contributed by atoms with van der Waals surface area (Å²) in [5.74, 6) is -0.515. The van der Waals surface area contributed by atoms with Gasteiger partial charge in [-0.25, -0.2) is 0 Å². The quantitative estimate of drug-likeness (QED) is 0.788. The Labute approximate surface area is 145 Å². The van der Waals surface area contributed by atoms with Crippen LogP contribution in [0.1, 0.15) is 30.4 Å². The molecule has 2 aliphatic rings. The average Bonchev–Trinajstić information content (AvgIpc) is 3.12. The number of nitriles is 1. The SMILES string of the molecule is N#Cc1ccc(N2CC3CCCC3C2C(O)C(F)(F)F)cc1C(F)(F)F. The fourth-order valence-corrected chi connectivity index (χ4v) is 4.27. The van der Waals surface area contributed by atoms with Crippen LogP contribution in [-0.2, 0) is 6.18 Å². The van der Waals surface area contributed by atoms with E-state index < -0.39 is 41.5 Å². The van der Waals surface area contributed by atoms with E-state index in [-0.39, 0.29) is 18.2 Å². The number of nitrogens with zero attached hydrogens (tertiary/aromatic N) is 2. The van der Waals surface area contributed by atoms with E-state index in [1.165, 1.54) is 17.0 Å². The van der Waals surface area contributed by atoms with Crippen LogP contribution in [-0.4, -0.2) is 30.0 Å². The van der Waals surface area contributed by atoms with E-state index in [0.717, 1.165) is 12.5 Å². The molecule has 142 valence electrons. The van der Waals surface area contributed by atoms with E-state index in [1.807, 2.05) is 0 Å². The van der Waals surface area contributed by atoms with Gasteiger partial charge in [-0.15, -0.1) is 0 Å². The number of fused-ring (bicyclic) bond motifs is 1. The molecule has 0 amide bonds. The van der Waals surface area contributed by atoms with Crippen molar-refractivity contribution in [1.29, 1.82) is 5.26 Å². The third-order valence-electron chi connectivity index (χ3n) is 5.37. The van der Waals surface area contributed by atoms with Crippen LogP contribution in [0.25, 0.3) is 0 Å². The lowest BCUT2D eigenvalue weighted by Crippen LogP contribution is -2.50. The molecule has 26 heavy (non-hydrogen) atoms. The predicted octanol–water partition coefficient (Wildman–Crippen LogP) is 4.11. The first kappa shape index (κ1) is 18.8. The molecule has 2 fully saturated rings. The summed E-state index contributed by atoms with van der Waals surface area (Å²) in [6.45, 7) is 0.158. The van der Waals surface area contributed by atoms with Crippen molar-refractivity contribution < 1.29 is 31.4 Å². The minimum Gasteiger partial charge on any atom is -0.382 e. The van der Waals surface area contributed by atoms with E-state index in [4.69, 9.17) is 5.26 Å². The molecule has 3 rings (SSSR count). The maximum Gasteiger partial charge on any atom is 0.417 e. The van der Waals surface area contributed by atoms with Gasteiger partial charge in [0.1, 0.15) is 0 Å². The van der Waals surface area contributed by atoms with Crippen molar-refractivity contribution in [2.24, 2.45) is 11.8 Å². The number of halogens is 6. The molecule has 1 heterocycles. The first-order valence-electron chi connectivity index (χ1n) is 8.17. The van der Waals surface area contributed by atoms with E-state index >= 15 is 0 Å². The Kier molecular flexibility index (Phi) is 4.59. The third kappa shape index (κ3) is 3.22. The normalized spacial score (nSPS) is 27.3. The van der Waals surface area contributed by atoms with Gasteiger partial charge in [-0.1, -0.05) is 6.42 Å². The minimum atomic E-state index is -4.86. The number of aliphatic hydroxyl groups is 1. The number of rotatable bonds is 2. The topological polar surface area (TPSA) is 47.3 Å². The Morgan fingerprint density at radius 3 is 2.42 bits per heavy atom. The summed E-state index contributed by atoms with van der Waals surface area (Å²) in [7, 11) is 0. The predicted molar refractivity (Wildman–Crippen MR) is 80.2 cm³/mol. The number of anilines is 1. The van der Waals surface area contributed by atoms with Gasteiger partial charge in [0.05, 0.1) is 23.2 Å². The van der Waals surface area contributed by atoms with Crippen LogP contribution >= 0.6 is 0 Å². The monoisotopic (exact) mass is 378 g/mol. The molecule has 0 bridgehead atoms. The van der Waals surface area contributed by atoms with Crippen LogP contribution in [0.3, 0.4) is 0 Å². The van der Waals surface area contributed by atoms with Gasteiger partial charge in [0.25, 0.3) is 0 Å². The first-order valence-corrected chi connectivity index (χ1v) is 8.17. The standard InChI is InChI=1S/C17H16F6N2O/c18-16(19,20)13-6-11(5-4-9(13)7-24)25-8-10-2-1-3-12(10)14(25)15(26)17(21,22)23/h4-6,10,12,14-15,26H,1-3,8H2. The second-order valence-corrected chi connectivity index (χ2v) is 6.82. The maximum absolute atomic E-state index is 13.2. The van der Waals surface area contributed by atoms with Crippen molar-refractivity contribution >= 4 is 5.69 Å². The van der Waals surface area contributed by atoms with Crippen molar-refractivity contribution in [3.8, 4) is 6.07 Å². The number of hydrogen-bond donors (Lipinski definition) is 1. The summed E-state index contributed by atoms with van der Waals surface area (Å²) >= 11 is 0. The molecule has 4 atom stereocenters. The molecular formula is C17H16F6N2O. The minimum absolute atomic E-state index is 0.0565. The number of benzene rings is 1. The highest BCUT2D eigenvalue weighted by Gasteiger charge is 2.55. The molecule has 1 N–H and O–H groups in total. The van der Waals surface area contributed by atoms with E-state index in [1.54, 1.807) is 0 Å². The Balaban J connectivity index is 2.03. The van der Waals surface area contributed by atoms with Crippen molar-refractivity contribution in [2.75, 3.05) is 11.4 Å². The number of aliphatic hydroxyl groups excluding tert-OH is 1. The van der Waals surface area contributed by atoms with E-state index in [0.29, 0.717) is 18.9 Å². The zero-order valence-electron chi connectivity index (χ0n) is 13.5. The van der Waals surface area contributed by atoms with Gasteiger partial charge in [0, 0.05) is 12.2 Å². The summed E-state index contributed by atoms with van der Waals surface area (Å²) in [6, 6.07) is 3.01. The fraction of sp³-hybridized carbons (Fsp3) is 0.588. The van der Waals surface area contributed by atoms with Crippen LogP contribution in [0.4, 0.5) is 32.0 Å². The van der Waals surface area contributed by atoms with Crippen molar-refractivity contribution in [3.63, 3.8) is 0 Å². The second kappa shape index (κ2) is 6.34. The Hall–Kier alpha value is -1.95. The van der Waals surface area contributed by atoms with Crippen LogP contribution in [0.15, 0.2) is 18.2 Å². The molecule has 4 unspecified atom stereocenters. The highest BCUT2D eigenvalue weighted by molar-refractivity contribution is 5.56. The largest absolute Gasteiger partial charge is 0.417 e. The van der Waals surface area contributed by atoms with Crippen molar-refractivity contribution in [3.05, 3.63) is 29.3 Å². The zero-order chi connectivity index (χ0) is 19.3. The molecule has 1 aliphatic heterocycles. The molecule has 1 aromatic carbocycles. The third-order valence-corrected chi connectivity index (χ3v) is 5.37. The molecule has 9 heteroatoms. The molecule has 1 aliphatic carbocycles. The van der Waals surface area contributed by atoms with Gasteiger partial charge in [0.2, 0.25) is 0 Å². The molecule has 1 saturated heterocycles. The molecule has 0 aromatic heterocycles. The van der Waals surface area contributed by atoms with Gasteiger partial charge in [-0.2, -0.15) is 31.6 Å². The van der Waals surface area contributed by atoms with Gasteiger partial charge < -0.3 is 10.0 Å². The lowest BCUT2D eigenvalue weighted by Gasteiger charge is -2.34. The summed E-state index contributed by atoms with van der Waals surface area (Å²) in [6.07, 6.45) is -10.4.